The molecule has 0 bridgehead atoms. The molecule has 1 heterocycles. The summed E-state index contributed by atoms with van der Waals surface area (Å²) in [5.74, 6) is -3.91. The number of hydrogen-bond donors (Lipinski definition) is 3. The molecule has 8 nitrogen and oxygen atoms in total. The zero-order chi connectivity index (χ0) is 18.1. The predicted octanol–water partition coefficient (Wildman–Crippen LogP) is 1.53. The van der Waals surface area contributed by atoms with Gasteiger partial charge in [0.1, 0.15) is 6.04 Å². The molecule has 1 aliphatic rings. The molecule has 0 spiro atoms. The van der Waals surface area contributed by atoms with Gasteiger partial charge in [0.15, 0.2) is 0 Å². The third-order valence-electron chi connectivity index (χ3n) is 3.23. The summed E-state index contributed by atoms with van der Waals surface area (Å²) in [6.07, 6.45) is -5.54. The van der Waals surface area contributed by atoms with Gasteiger partial charge in [-0.15, -0.1) is 10.2 Å². The molecule has 0 aliphatic carbocycles. The lowest BCUT2D eigenvalue weighted by Gasteiger charge is -2.15. The molecule has 0 saturated heterocycles. The van der Waals surface area contributed by atoms with Gasteiger partial charge in [-0.3, -0.25) is 9.59 Å². The second kappa shape index (κ2) is 5.91. The number of hydrogen-bond acceptors (Lipinski definition) is 5. The van der Waals surface area contributed by atoms with E-state index < -0.39 is 42.1 Å². The number of alkyl halides is 3. The molecule has 11 heteroatoms. The van der Waals surface area contributed by atoms with Crippen LogP contribution in [-0.4, -0.2) is 40.3 Å². The van der Waals surface area contributed by atoms with Gasteiger partial charge in [0.2, 0.25) is 0 Å². The Morgan fingerprint density at radius 1 is 1.12 bits per heavy atom. The van der Waals surface area contributed by atoms with Crippen LogP contribution in [-0.2, 0) is 15.3 Å². The van der Waals surface area contributed by atoms with E-state index in [1.807, 2.05) is 5.32 Å². The number of carbonyl (C=O) groups excluding carboxylic acids is 1. The summed E-state index contributed by atoms with van der Waals surface area (Å²) in [6.45, 7) is 0. The number of carboxylic acids is 2. The van der Waals surface area contributed by atoms with Crippen LogP contribution in [0.5, 0.6) is 0 Å². The first-order valence-corrected chi connectivity index (χ1v) is 6.43. The first-order chi connectivity index (χ1) is 11.1. The van der Waals surface area contributed by atoms with E-state index in [4.69, 9.17) is 10.2 Å². The summed E-state index contributed by atoms with van der Waals surface area (Å²) in [6, 6.07) is 2.41. The molecule has 0 aromatic heterocycles. The van der Waals surface area contributed by atoms with Crippen molar-refractivity contribution < 1.29 is 37.8 Å². The van der Waals surface area contributed by atoms with E-state index >= 15 is 0 Å². The SMILES string of the molecule is O=C(O)C[C@H](NC(=O)c1ccc(C2(C(F)(F)F)N=N2)cc1)C(=O)O. The zero-order valence-electron chi connectivity index (χ0n) is 11.7. The molecule has 1 aromatic rings. The van der Waals surface area contributed by atoms with Crippen LogP contribution in [0.3, 0.4) is 0 Å². The van der Waals surface area contributed by atoms with Gasteiger partial charge in [-0.05, 0) is 12.1 Å². The maximum Gasteiger partial charge on any atom is 0.442 e. The summed E-state index contributed by atoms with van der Waals surface area (Å²) >= 11 is 0. The van der Waals surface area contributed by atoms with Crippen molar-refractivity contribution in [1.29, 1.82) is 0 Å². The Hall–Kier alpha value is -2.98. The van der Waals surface area contributed by atoms with Crippen LogP contribution in [0.25, 0.3) is 0 Å². The van der Waals surface area contributed by atoms with Gasteiger partial charge >= 0.3 is 23.8 Å². The molecule has 0 fully saturated rings. The van der Waals surface area contributed by atoms with Crippen molar-refractivity contribution in [1.82, 2.24) is 5.32 Å². The summed E-state index contributed by atoms with van der Waals surface area (Å²) in [5.41, 5.74) is -3.03. The molecule has 128 valence electrons. The van der Waals surface area contributed by atoms with Crippen LogP contribution < -0.4 is 5.32 Å². The molecule has 1 aromatic carbocycles. The number of benzene rings is 1. The van der Waals surface area contributed by atoms with Crippen molar-refractivity contribution in [3.8, 4) is 0 Å². The number of carboxylic acid groups (broad SMARTS) is 2. The summed E-state index contributed by atoms with van der Waals surface area (Å²) < 4.78 is 38.5. The summed E-state index contributed by atoms with van der Waals surface area (Å²) in [7, 11) is 0. The number of nitrogens with zero attached hydrogens (tertiary/aromatic N) is 2. The number of halogens is 3. The first-order valence-electron chi connectivity index (χ1n) is 6.43. The van der Waals surface area contributed by atoms with Gasteiger partial charge in [0.25, 0.3) is 5.91 Å². The van der Waals surface area contributed by atoms with Crippen molar-refractivity contribution in [2.75, 3.05) is 0 Å². The molecule has 0 saturated carbocycles. The highest BCUT2D eigenvalue weighted by molar-refractivity contribution is 5.97. The maximum absolute atomic E-state index is 12.8. The van der Waals surface area contributed by atoms with Crippen molar-refractivity contribution in [2.45, 2.75) is 24.3 Å². The van der Waals surface area contributed by atoms with E-state index in [0.29, 0.717) is 0 Å². The summed E-state index contributed by atoms with van der Waals surface area (Å²) in [4.78, 5) is 33.3. The highest BCUT2D eigenvalue weighted by atomic mass is 19.4. The average molecular weight is 345 g/mol. The Bertz CT molecular complexity index is 709. The monoisotopic (exact) mass is 345 g/mol. The van der Waals surface area contributed by atoms with Crippen molar-refractivity contribution in [2.24, 2.45) is 10.2 Å². The first kappa shape index (κ1) is 17.4. The van der Waals surface area contributed by atoms with E-state index in [0.717, 1.165) is 24.3 Å². The lowest BCUT2D eigenvalue weighted by Crippen LogP contribution is -2.42. The molecule has 1 atom stereocenters. The third kappa shape index (κ3) is 3.34. The van der Waals surface area contributed by atoms with Crippen LogP contribution in [0.15, 0.2) is 34.5 Å². The van der Waals surface area contributed by atoms with Crippen LogP contribution >= 0.6 is 0 Å². The molecule has 0 radical (unpaired) electrons. The van der Waals surface area contributed by atoms with Gasteiger partial charge < -0.3 is 15.5 Å². The lowest BCUT2D eigenvalue weighted by molar-refractivity contribution is -0.166. The van der Waals surface area contributed by atoms with Crippen LogP contribution in [0.1, 0.15) is 22.3 Å². The third-order valence-corrected chi connectivity index (χ3v) is 3.23. The quantitative estimate of drug-likeness (QED) is 0.720. The number of rotatable bonds is 6. The fraction of sp³-hybridized carbons (Fsp3) is 0.308. The van der Waals surface area contributed by atoms with Crippen molar-refractivity contribution in [3.63, 3.8) is 0 Å². The second-order valence-corrected chi connectivity index (χ2v) is 4.91. The standard InChI is InChI=1S/C13H10F3N3O5/c14-13(15,16)12(18-19-12)7-3-1-6(2-4-7)10(22)17-8(11(23)24)5-9(20)21/h1-4,8H,5H2,(H,17,22)(H,20,21)(H,23,24)/t8-/m0/s1. The molecule has 24 heavy (non-hydrogen) atoms. The van der Waals surface area contributed by atoms with Crippen LogP contribution in [0.4, 0.5) is 13.2 Å². The predicted molar refractivity (Wildman–Crippen MR) is 70.2 cm³/mol. The normalized spacial score (nSPS) is 16.3. The minimum absolute atomic E-state index is 0.131. The topological polar surface area (TPSA) is 128 Å². The molecule has 1 amide bonds. The van der Waals surface area contributed by atoms with Gasteiger partial charge in [0.05, 0.1) is 6.42 Å². The van der Waals surface area contributed by atoms with E-state index in [1.165, 1.54) is 0 Å². The van der Waals surface area contributed by atoms with Gasteiger partial charge in [-0.1, -0.05) is 12.1 Å². The Balaban J connectivity index is 2.12. The Kier molecular flexibility index (Phi) is 4.28. The molecule has 1 aliphatic heterocycles. The fourth-order valence-electron chi connectivity index (χ4n) is 1.91. The molecule has 3 N–H and O–H groups in total. The lowest BCUT2D eigenvalue weighted by atomic mass is 10.0. The van der Waals surface area contributed by atoms with E-state index in [2.05, 4.69) is 10.2 Å². The maximum atomic E-state index is 12.8. The number of nitrogens with one attached hydrogen (secondary N) is 1. The molecule has 2 rings (SSSR count). The molecular weight excluding hydrogens is 335 g/mol. The van der Waals surface area contributed by atoms with Gasteiger partial charge in [-0.25, -0.2) is 4.79 Å². The van der Waals surface area contributed by atoms with Crippen LogP contribution in [0.2, 0.25) is 0 Å². The number of amides is 1. The van der Waals surface area contributed by atoms with Crippen molar-refractivity contribution in [3.05, 3.63) is 35.4 Å². The Morgan fingerprint density at radius 3 is 2.04 bits per heavy atom. The van der Waals surface area contributed by atoms with E-state index in [1.54, 1.807) is 0 Å². The van der Waals surface area contributed by atoms with Crippen molar-refractivity contribution >= 4 is 17.8 Å². The Labute approximate surface area is 132 Å². The van der Waals surface area contributed by atoms with Gasteiger partial charge in [-0.2, -0.15) is 13.2 Å². The molecular formula is C13H10F3N3O5. The number of carbonyl (C=O) groups is 3. The minimum atomic E-state index is -4.70. The minimum Gasteiger partial charge on any atom is -0.481 e. The Morgan fingerprint density at radius 2 is 1.67 bits per heavy atom. The van der Waals surface area contributed by atoms with E-state index in [9.17, 15) is 27.6 Å². The zero-order valence-corrected chi connectivity index (χ0v) is 11.7. The second-order valence-electron chi connectivity index (χ2n) is 4.91. The number of aliphatic carboxylic acids is 2. The average Bonchev–Trinajstić information content (AvgIpc) is 3.27. The molecule has 0 unspecified atom stereocenters. The highest BCUT2D eigenvalue weighted by Gasteiger charge is 2.65. The highest BCUT2D eigenvalue weighted by Crippen LogP contribution is 2.52. The van der Waals surface area contributed by atoms with E-state index in [-0.39, 0.29) is 11.1 Å². The van der Waals surface area contributed by atoms with Gasteiger partial charge in [0, 0.05) is 11.1 Å². The fourth-order valence-corrected chi connectivity index (χ4v) is 1.91. The van der Waals surface area contributed by atoms with Crippen LogP contribution in [0, 0.1) is 0 Å². The smallest absolute Gasteiger partial charge is 0.442 e. The summed E-state index contributed by atoms with van der Waals surface area (Å²) in [5, 5.41) is 25.4. The largest absolute Gasteiger partial charge is 0.481 e.